The van der Waals surface area contributed by atoms with Crippen LogP contribution in [0.4, 0.5) is 5.69 Å². The van der Waals surface area contributed by atoms with Gasteiger partial charge in [0.05, 0.1) is 12.1 Å². The second-order valence-electron chi connectivity index (χ2n) is 4.72. The minimum absolute atomic E-state index is 0.0430. The third-order valence-electron chi connectivity index (χ3n) is 3.38. The van der Waals surface area contributed by atoms with Gasteiger partial charge in [-0.25, -0.2) is 0 Å². The van der Waals surface area contributed by atoms with E-state index in [2.05, 4.69) is 10.2 Å². The van der Waals surface area contributed by atoms with E-state index in [1.807, 2.05) is 30.3 Å². The van der Waals surface area contributed by atoms with E-state index < -0.39 is 0 Å². The topological polar surface area (TPSA) is 65.7 Å². The van der Waals surface area contributed by atoms with Crippen molar-refractivity contribution >= 4 is 11.6 Å². The summed E-state index contributed by atoms with van der Waals surface area (Å²) in [4.78, 5) is 14.1. The van der Waals surface area contributed by atoms with Gasteiger partial charge in [0.2, 0.25) is 0 Å². The Kier molecular flexibility index (Phi) is 3.43. The van der Waals surface area contributed by atoms with E-state index in [9.17, 15) is 4.79 Å². The van der Waals surface area contributed by atoms with Crippen LogP contribution in [0.25, 0.3) is 0 Å². The largest absolute Gasteiger partial charge is 0.462 e. The normalized spacial score (nSPS) is 14.7. The predicted octanol–water partition coefficient (Wildman–Crippen LogP) is 1.52. The molecule has 0 aliphatic carbocycles. The summed E-state index contributed by atoms with van der Waals surface area (Å²) < 4.78 is 5.52. The van der Waals surface area contributed by atoms with Crippen molar-refractivity contribution in [1.82, 2.24) is 5.32 Å². The van der Waals surface area contributed by atoms with Crippen LogP contribution in [0.2, 0.25) is 0 Å². The van der Waals surface area contributed by atoms with Crippen LogP contribution in [0.15, 0.2) is 40.8 Å². The summed E-state index contributed by atoms with van der Waals surface area (Å²) in [6, 6.07) is 11.2. The molecule has 2 heterocycles. The highest BCUT2D eigenvalue weighted by Crippen LogP contribution is 2.24. The van der Waals surface area contributed by atoms with Crippen LogP contribution in [0.5, 0.6) is 0 Å². The predicted molar refractivity (Wildman–Crippen MR) is 74.5 cm³/mol. The number of nitrogens with zero attached hydrogens (tertiary/aromatic N) is 1. The van der Waals surface area contributed by atoms with Crippen LogP contribution in [0.1, 0.15) is 21.9 Å². The fourth-order valence-corrected chi connectivity index (χ4v) is 2.41. The number of carbonyl (C=O) groups is 1. The van der Waals surface area contributed by atoms with Crippen LogP contribution >= 0.6 is 0 Å². The van der Waals surface area contributed by atoms with Gasteiger partial charge in [-0.2, -0.15) is 0 Å². The Morgan fingerprint density at radius 3 is 2.80 bits per heavy atom. The molecular weight excluding hydrogens is 256 g/mol. The summed E-state index contributed by atoms with van der Waals surface area (Å²) in [5, 5.41) is 11.9. The molecular formula is C15H16N2O3. The van der Waals surface area contributed by atoms with E-state index in [0.29, 0.717) is 24.4 Å². The van der Waals surface area contributed by atoms with E-state index >= 15 is 0 Å². The average Bonchev–Trinajstić information content (AvgIpc) is 2.87. The fourth-order valence-electron chi connectivity index (χ4n) is 2.41. The maximum Gasteiger partial charge on any atom is 0.253 e. The van der Waals surface area contributed by atoms with Crippen molar-refractivity contribution < 1.29 is 14.3 Å². The summed E-state index contributed by atoms with van der Waals surface area (Å²) in [6.45, 7) is 1.79. The second kappa shape index (κ2) is 5.38. The van der Waals surface area contributed by atoms with Gasteiger partial charge in [-0.15, -0.1) is 0 Å². The first-order valence-electron chi connectivity index (χ1n) is 6.58. The maximum atomic E-state index is 12.0. The third-order valence-corrected chi connectivity index (χ3v) is 3.38. The molecule has 0 bridgehead atoms. The SMILES string of the molecule is O=C1NCCN(Cc2ccc(CO)o2)c2ccccc21. The summed E-state index contributed by atoms with van der Waals surface area (Å²) in [5.41, 5.74) is 1.59. The first kappa shape index (κ1) is 12.7. The highest BCUT2D eigenvalue weighted by atomic mass is 16.4. The molecule has 5 nitrogen and oxygen atoms in total. The molecule has 5 heteroatoms. The molecule has 0 saturated heterocycles. The number of nitrogens with one attached hydrogen (secondary N) is 1. The molecule has 1 aliphatic heterocycles. The number of rotatable bonds is 3. The highest BCUT2D eigenvalue weighted by molar-refractivity contribution is 6.00. The molecule has 1 aromatic carbocycles. The lowest BCUT2D eigenvalue weighted by molar-refractivity contribution is 0.0958. The maximum absolute atomic E-state index is 12.0. The number of carbonyl (C=O) groups excluding carboxylic acids is 1. The number of amides is 1. The number of hydrogen-bond acceptors (Lipinski definition) is 4. The van der Waals surface area contributed by atoms with Crippen molar-refractivity contribution in [3.8, 4) is 0 Å². The Labute approximate surface area is 116 Å². The van der Waals surface area contributed by atoms with E-state index in [1.54, 1.807) is 6.07 Å². The van der Waals surface area contributed by atoms with Gasteiger partial charge in [0.25, 0.3) is 5.91 Å². The third kappa shape index (κ3) is 2.40. The molecule has 2 N–H and O–H groups in total. The van der Waals surface area contributed by atoms with Gasteiger partial charge in [0, 0.05) is 18.8 Å². The number of fused-ring (bicyclic) bond motifs is 1. The number of aliphatic hydroxyl groups is 1. The van der Waals surface area contributed by atoms with Crippen LogP contribution in [0, 0.1) is 0 Å². The standard InChI is InChI=1S/C15H16N2O3/c18-10-12-6-5-11(20-12)9-17-8-7-16-15(19)13-3-1-2-4-14(13)17/h1-6,18H,7-10H2,(H,16,19). The van der Waals surface area contributed by atoms with E-state index in [4.69, 9.17) is 9.52 Å². The van der Waals surface area contributed by atoms with Crippen LogP contribution < -0.4 is 10.2 Å². The molecule has 0 radical (unpaired) electrons. The molecule has 0 fully saturated rings. The molecule has 3 rings (SSSR count). The zero-order valence-corrected chi connectivity index (χ0v) is 11.0. The Bertz CT molecular complexity index is 621. The van der Waals surface area contributed by atoms with Crippen LogP contribution in [0.3, 0.4) is 0 Å². The summed E-state index contributed by atoms with van der Waals surface area (Å²) >= 11 is 0. The Hall–Kier alpha value is -2.27. The molecule has 0 atom stereocenters. The monoisotopic (exact) mass is 272 g/mol. The first-order valence-corrected chi connectivity index (χ1v) is 6.58. The number of hydrogen-bond donors (Lipinski definition) is 2. The molecule has 1 aromatic heterocycles. The Morgan fingerprint density at radius 2 is 2.00 bits per heavy atom. The van der Waals surface area contributed by atoms with Crippen molar-refractivity contribution in [3.63, 3.8) is 0 Å². The highest BCUT2D eigenvalue weighted by Gasteiger charge is 2.20. The number of furan rings is 1. The fraction of sp³-hybridized carbons (Fsp3) is 0.267. The van der Waals surface area contributed by atoms with Gasteiger partial charge >= 0.3 is 0 Å². The van der Waals surface area contributed by atoms with E-state index in [1.165, 1.54) is 0 Å². The van der Waals surface area contributed by atoms with Crippen molar-refractivity contribution in [2.45, 2.75) is 13.2 Å². The van der Waals surface area contributed by atoms with E-state index in [-0.39, 0.29) is 12.5 Å². The lowest BCUT2D eigenvalue weighted by Gasteiger charge is -2.22. The summed E-state index contributed by atoms with van der Waals surface area (Å²) in [5.74, 6) is 1.29. The zero-order chi connectivity index (χ0) is 13.9. The van der Waals surface area contributed by atoms with Gasteiger partial charge in [-0.1, -0.05) is 12.1 Å². The van der Waals surface area contributed by atoms with Crippen molar-refractivity contribution in [3.05, 3.63) is 53.5 Å². The molecule has 0 unspecified atom stereocenters. The number of benzene rings is 1. The minimum Gasteiger partial charge on any atom is -0.462 e. The van der Waals surface area contributed by atoms with Gasteiger partial charge < -0.3 is 19.7 Å². The zero-order valence-electron chi connectivity index (χ0n) is 11.0. The lowest BCUT2D eigenvalue weighted by atomic mass is 10.1. The van der Waals surface area contributed by atoms with Crippen LogP contribution in [-0.4, -0.2) is 24.1 Å². The smallest absolute Gasteiger partial charge is 0.253 e. The van der Waals surface area contributed by atoms with Gasteiger partial charge in [-0.3, -0.25) is 4.79 Å². The second-order valence-corrected chi connectivity index (χ2v) is 4.72. The Morgan fingerprint density at radius 1 is 1.20 bits per heavy atom. The lowest BCUT2D eigenvalue weighted by Crippen LogP contribution is -2.29. The molecule has 2 aromatic rings. The van der Waals surface area contributed by atoms with Gasteiger partial charge in [-0.05, 0) is 24.3 Å². The van der Waals surface area contributed by atoms with Gasteiger partial charge in [0.15, 0.2) is 0 Å². The molecule has 0 saturated carbocycles. The van der Waals surface area contributed by atoms with E-state index in [0.717, 1.165) is 18.0 Å². The number of anilines is 1. The number of para-hydroxylation sites is 1. The average molecular weight is 272 g/mol. The Balaban J connectivity index is 1.89. The van der Waals surface area contributed by atoms with Crippen molar-refractivity contribution in [1.29, 1.82) is 0 Å². The summed E-state index contributed by atoms with van der Waals surface area (Å²) in [6.07, 6.45) is 0. The molecule has 0 spiro atoms. The molecule has 1 amide bonds. The van der Waals surface area contributed by atoms with Crippen molar-refractivity contribution in [2.24, 2.45) is 0 Å². The summed E-state index contributed by atoms with van der Waals surface area (Å²) in [7, 11) is 0. The minimum atomic E-state index is -0.101. The first-order chi connectivity index (χ1) is 9.78. The molecule has 1 aliphatic rings. The van der Waals surface area contributed by atoms with Crippen molar-refractivity contribution in [2.75, 3.05) is 18.0 Å². The van der Waals surface area contributed by atoms with Gasteiger partial charge in [0.1, 0.15) is 18.1 Å². The number of aliphatic hydroxyl groups excluding tert-OH is 1. The molecule has 104 valence electrons. The van der Waals surface area contributed by atoms with Crippen LogP contribution in [-0.2, 0) is 13.2 Å². The molecule has 20 heavy (non-hydrogen) atoms. The quantitative estimate of drug-likeness (QED) is 0.889.